The van der Waals surface area contributed by atoms with Gasteiger partial charge in [0.2, 0.25) is 5.91 Å². The van der Waals surface area contributed by atoms with E-state index in [2.05, 4.69) is 26.6 Å². The minimum atomic E-state index is -0.354. The second-order valence-electron chi connectivity index (χ2n) is 4.70. The van der Waals surface area contributed by atoms with Crippen LogP contribution in [0.2, 0.25) is 0 Å². The molecule has 0 saturated heterocycles. The number of hydrogen-bond donors (Lipinski definition) is 2. The van der Waals surface area contributed by atoms with Gasteiger partial charge in [-0.2, -0.15) is 0 Å². The number of carbonyl (C=O) groups excluding carboxylic acids is 1. The van der Waals surface area contributed by atoms with Crippen LogP contribution in [-0.4, -0.2) is 12.5 Å². The van der Waals surface area contributed by atoms with Crippen LogP contribution in [0.25, 0.3) is 0 Å². The zero-order chi connectivity index (χ0) is 15.2. The summed E-state index contributed by atoms with van der Waals surface area (Å²) in [5.74, 6) is -0.491. The predicted molar refractivity (Wildman–Crippen MR) is 85.6 cm³/mol. The SMILES string of the molecule is Cc1cc(Br)c(F)cc1NCC(=O)NCc1ccccc1. The van der Waals surface area contributed by atoms with E-state index in [9.17, 15) is 9.18 Å². The maximum absolute atomic E-state index is 13.5. The van der Waals surface area contributed by atoms with E-state index >= 15 is 0 Å². The van der Waals surface area contributed by atoms with Crippen molar-refractivity contribution in [1.82, 2.24) is 5.32 Å². The first-order valence-electron chi connectivity index (χ1n) is 6.56. The Bertz CT molecular complexity index is 632. The van der Waals surface area contributed by atoms with Crippen molar-refractivity contribution >= 4 is 27.5 Å². The molecule has 0 unspecified atom stereocenters. The summed E-state index contributed by atoms with van der Waals surface area (Å²) in [6.07, 6.45) is 0. The van der Waals surface area contributed by atoms with E-state index in [1.165, 1.54) is 6.07 Å². The standard InChI is InChI=1S/C16H16BrFN2O/c1-11-7-13(17)14(18)8-15(11)19-10-16(21)20-9-12-5-3-2-4-6-12/h2-8,19H,9-10H2,1H3,(H,20,21). The summed E-state index contributed by atoms with van der Waals surface area (Å²) in [7, 11) is 0. The van der Waals surface area contributed by atoms with Gasteiger partial charge in [0.1, 0.15) is 5.82 Å². The molecule has 0 spiro atoms. The molecule has 1 amide bonds. The number of anilines is 1. The van der Waals surface area contributed by atoms with Crippen LogP contribution < -0.4 is 10.6 Å². The molecule has 2 aromatic carbocycles. The van der Waals surface area contributed by atoms with Crippen molar-refractivity contribution in [2.45, 2.75) is 13.5 Å². The minimum absolute atomic E-state index is 0.106. The van der Waals surface area contributed by atoms with Crippen molar-refractivity contribution in [3.8, 4) is 0 Å². The summed E-state index contributed by atoms with van der Waals surface area (Å²) in [5, 5.41) is 5.75. The molecule has 21 heavy (non-hydrogen) atoms. The Labute approximate surface area is 131 Å². The number of carbonyl (C=O) groups is 1. The fourth-order valence-corrected chi connectivity index (χ4v) is 2.33. The normalized spacial score (nSPS) is 10.2. The van der Waals surface area contributed by atoms with Gasteiger partial charge in [-0.15, -0.1) is 0 Å². The number of rotatable bonds is 5. The lowest BCUT2D eigenvalue weighted by atomic mass is 10.2. The zero-order valence-corrected chi connectivity index (χ0v) is 13.2. The first-order valence-corrected chi connectivity index (χ1v) is 7.35. The Kier molecular flexibility index (Phi) is 5.33. The summed E-state index contributed by atoms with van der Waals surface area (Å²) < 4.78 is 13.9. The summed E-state index contributed by atoms with van der Waals surface area (Å²) in [6.45, 7) is 2.44. The molecule has 5 heteroatoms. The second-order valence-corrected chi connectivity index (χ2v) is 5.55. The third-order valence-corrected chi connectivity index (χ3v) is 3.65. The van der Waals surface area contributed by atoms with E-state index in [4.69, 9.17) is 0 Å². The number of hydrogen-bond acceptors (Lipinski definition) is 2. The van der Waals surface area contributed by atoms with Gasteiger partial charge in [-0.1, -0.05) is 30.3 Å². The molecule has 0 aromatic heterocycles. The monoisotopic (exact) mass is 350 g/mol. The summed E-state index contributed by atoms with van der Waals surface area (Å²) in [4.78, 5) is 11.8. The van der Waals surface area contributed by atoms with Gasteiger partial charge in [-0.05, 0) is 46.1 Å². The Morgan fingerprint density at radius 3 is 2.67 bits per heavy atom. The van der Waals surface area contributed by atoms with Gasteiger partial charge in [-0.25, -0.2) is 4.39 Å². The second kappa shape index (κ2) is 7.22. The summed E-state index contributed by atoms with van der Waals surface area (Å²) in [6, 6.07) is 12.7. The van der Waals surface area contributed by atoms with Gasteiger partial charge >= 0.3 is 0 Å². The smallest absolute Gasteiger partial charge is 0.239 e. The lowest BCUT2D eigenvalue weighted by Crippen LogP contribution is -2.29. The molecular weight excluding hydrogens is 335 g/mol. The Morgan fingerprint density at radius 2 is 1.95 bits per heavy atom. The lowest BCUT2D eigenvalue weighted by molar-refractivity contribution is -0.119. The van der Waals surface area contributed by atoms with Crippen LogP contribution in [0.1, 0.15) is 11.1 Å². The molecule has 2 N–H and O–H groups in total. The Morgan fingerprint density at radius 1 is 1.24 bits per heavy atom. The molecule has 0 bridgehead atoms. The van der Waals surface area contributed by atoms with Gasteiger partial charge < -0.3 is 10.6 Å². The van der Waals surface area contributed by atoms with Crippen molar-refractivity contribution in [3.63, 3.8) is 0 Å². The Hall–Kier alpha value is -1.88. The highest BCUT2D eigenvalue weighted by Gasteiger charge is 2.07. The molecule has 0 heterocycles. The van der Waals surface area contributed by atoms with Gasteiger partial charge in [0.05, 0.1) is 11.0 Å². The Balaban J connectivity index is 1.85. The maximum Gasteiger partial charge on any atom is 0.239 e. The van der Waals surface area contributed by atoms with Crippen LogP contribution in [0, 0.1) is 12.7 Å². The number of aryl methyl sites for hydroxylation is 1. The highest BCUT2D eigenvalue weighted by atomic mass is 79.9. The third kappa shape index (κ3) is 4.56. The molecule has 0 fully saturated rings. The molecule has 2 aromatic rings. The van der Waals surface area contributed by atoms with Crippen LogP contribution >= 0.6 is 15.9 Å². The fourth-order valence-electron chi connectivity index (χ4n) is 1.87. The maximum atomic E-state index is 13.5. The number of nitrogens with one attached hydrogen (secondary N) is 2. The van der Waals surface area contributed by atoms with Crippen molar-refractivity contribution in [3.05, 3.63) is 63.9 Å². The molecule has 0 aliphatic rings. The minimum Gasteiger partial charge on any atom is -0.376 e. The molecule has 0 saturated carbocycles. The average molecular weight is 351 g/mol. The van der Waals surface area contributed by atoms with Crippen LogP contribution in [-0.2, 0) is 11.3 Å². The first kappa shape index (κ1) is 15.5. The number of halogens is 2. The third-order valence-electron chi connectivity index (χ3n) is 3.04. The lowest BCUT2D eigenvalue weighted by Gasteiger charge is -2.11. The van der Waals surface area contributed by atoms with Crippen LogP contribution in [0.4, 0.5) is 10.1 Å². The van der Waals surface area contributed by atoms with E-state index in [-0.39, 0.29) is 18.3 Å². The van der Waals surface area contributed by atoms with Crippen molar-refractivity contribution < 1.29 is 9.18 Å². The topological polar surface area (TPSA) is 41.1 Å². The van der Waals surface area contributed by atoms with Crippen LogP contribution in [0.5, 0.6) is 0 Å². The first-order chi connectivity index (χ1) is 10.1. The zero-order valence-electron chi connectivity index (χ0n) is 11.6. The summed E-state index contributed by atoms with van der Waals surface area (Å²) in [5.41, 5.74) is 2.53. The molecule has 0 aliphatic heterocycles. The number of amides is 1. The highest BCUT2D eigenvalue weighted by molar-refractivity contribution is 9.10. The van der Waals surface area contributed by atoms with E-state index < -0.39 is 0 Å². The van der Waals surface area contributed by atoms with Gasteiger partial charge in [-0.3, -0.25) is 4.79 Å². The molecule has 0 atom stereocenters. The van der Waals surface area contributed by atoms with E-state index in [0.717, 1.165) is 11.1 Å². The molecule has 110 valence electrons. The average Bonchev–Trinajstić information content (AvgIpc) is 2.48. The number of benzene rings is 2. The molecule has 0 aliphatic carbocycles. The highest BCUT2D eigenvalue weighted by Crippen LogP contribution is 2.23. The van der Waals surface area contributed by atoms with Crippen molar-refractivity contribution in [1.29, 1.82) is 0 Å². The predicted octanol–water partition coefficient (Wildman–Crippen LogP) is 3.62. The van der Waals surface area contributed by atoms with E-state index in [0.29, 0.717) is 16.7 Å². The van der Waals surface area contributed by atoms with Crippen LogP contribution in [0.3, 0.4) is 0 Å². The van der Waals surface area contributed by atoms with Gasteiger partial charge in [0.25, 0.3) is 0 Å². The van der Waals surface area contributed by atoms with Crippen molar-refractivity contribution in [2.24, 2.45) is 0 Å². The van der Waals surface area contributed by atoms with E-state index in [1.807, 2.05) is 37.3 Å². The largest absolute Gasteiger partial charge is 0.376 e. The summed E-state index contributed by atoms with van der Waals surface area (Å²) >= 11 is 3.13. The van der Waals surface area contributed by atoms with Gasteiger partial charge in [0.15, 0.2) is 0 Å². The molecule has 3 nitrogen and oxygen atoms in total. The van der Waals surface area contributed by atoms with Crippen LogP contribution in [0.15, 0.2) is 46.9 Å². The molecule has 2 rings (SSSR count). The van der Waals surface area contributed by atoms with Gasteiger partial charge in [0, 0.05) is 12.2 Å². The quantitative estimate of drug-likeness (QED) is 0.864. The van der Waals surface area contributed by atoms with Crippen molar-refractivity contribution in [2.75, 3.05) is 11.9 Å². The molecule has 0 radical (unpaired) electrons. The molecular formula is C16H16BrFN2O. The fraction of sp³-hybridized carbons (Fsp3) is 0.188. The van der Waals surface area contributed by atoms with E-state index in [1.54, 1.807) is 6.07 Å².